The molecule has 0 saturated carbocycles. The Balaban J connectivity index is 2.34. The quantitative estimate of drug-likeness (QED) is 0.784. The Hall–Kier alpha value is -1.29. The molecule has 1 unspecified atom stereocenters. The van der Waals surface area contributed by atoms with Gasteiger partial charge in [0.1, 0.15) is 11.5 Å². The lowest BCUT2D eigenvalue weighted by atomic mass is 10.2. The molecule has 0 spiro atoms. The second kappa shape index (κ2) is 7.21. The maximum Gasteiger partial charge on any atom is 0.234 e. The van der Waals surface area contributed by atoms with Crippen LogP contribution in [0.1, 0.15) is 51.2 Å². The molecule has 1 rings (SSSR count). The largest absolute Gasteiger partial charge is 0.465 e. The van der Waals surface area contributed by atoms with Crippen molar-refractivity contribution in [2.45, 2.75) is 52.6 Å². The van der Waals surface area contributed by atoms with Crippen molar-refractivity contribution in [3.8, 4) is 0 Å². The Labute approximate surface area is 109 Å². The zero-order valence-corrected chi connectivity index (χ0v) is 11.7. The highest BCUT2D eigenvalue weighted by Crippen LogP contribution is 2.14. The molecule has 0 aliphatic carbocycles. The molecule has 1 aromatic rings. The number of furan rings is 1. The van der Waals surface area contributed by atoms with Crippen molar-refractivity contribution >= 4 is 5.91 Å². The van der Waals surface area contributed by atoms with E-state index in [-0.39, 0.29) is 18.0 Å². The molecule has 0 aliphatic heterocycles. The van der Waals surface area contributed by atoms with E-state index in [1.54, 1.807) is 0 Å². The van der Waals surface area contributed by atoms with Gasteiger partial charge in [-0.15, -0.1) is 0 Å². The third-order valence-corrected chi connectivity index (χ3v) is 3.11. The first-order valence-electron chi connectivity index (χ1n) is 6.65. The highest BCUT2D eigenvalue weighted by atomic mass is 16.3. The maximum atomic E-state index is 11.7. The van der Waals surface area contributed by atoms with Gasteiger partial charge in [-0.3, -0.25) is 10.1 Å². The highest BCUT2D eigenvalue weighted by molar-refractivity contribution is 5.78. The Bertz CT molecular complexity index is 370. The van der Waals surface area contributed by atoms with Crippen LogP contribution in [0.2, 0.25) is 0 Å². The lowest BCUT2D eigenvalue weighted by molar-refractivity contribution is -0.121. The van der Waals surface area contributed by atoms with Gasteiger partial charge in [-0.05, 0) is 38.8 Å². The number of carbonyl (C=O) groups excluding carboxylic acids is 1. The smallest absolute Gasteiger partial charge is 0.234 e. The van der Waals surface area contributed by atoms with Gasteiger partial charge in [0.2, 0.25) is 5.91 Å². The minimum absolute atomic E-state index is 0.0406. The topological polar surface area (TPSA) is 54.3 Å². The average Bonchev–Trinajstić information content (AvgIpc) is 2.79. The summed E-state index contributed by atoms with van der Waals surface area (Å²) in [5.74, 6) is 1.79. The zero-order chi connectivity index (χ0) is 13.5. The van der Waals surface area contributed by atoms with Crippen molar-refractivity contribution in [3.05, 3.63) is 23.7 Å². The molecule has 102 valence electrons. The third-order valence-electron chi connectivity index (χ3n) is 3.11. The van der Waals surface area contributed by atoms with E-state index in [2.05, 4.69) is 24.5 Å². The molecule has 18 heavy (non-hydrogen) atoms. The number of carbonyl (C=O) groups is 1. The second-order valence-corrected chi connectivity index (χ2v) is 4.63. The van der Waals surface area contributed by atoms with Gasteiger partial charge in [-0.2, -0.15) is 0 Å². The van der Waals surface area contributed by atoms with Crippen LogP contribution < -0.4 is 10.6 Å². The molecule has 4 heteroatoms. The van der Waals surface area contributed by atoms with Crippen LogP contribution in [-0.2, 0) is 4.79 Å². The first kappa shape index (κ1) is 14.8. The summed E-state index contributed by atoms with van der Waals surface area (Å²) in [5, 5.41) is 6.16. The summed E-state index contributed by atoms with van der Waals surface area (Å²) >= 11 is 0. The monoisotopic (exact) mass is 252 g/mol. The summed E-state index contributed by atoms with van der Waals surface area (Å²) < 4.78 is 5.51. The van der Waals surface area contributed by atoms with E-state index in [1.807, 2.05) is 26.0 Å². The molecular weight excluding hydrogens is 228 g/mol. The van der Waals surface area contributed by atoms with E-state index < -0.39 is 0 Å². The Kier molecular flexibility index (Phi) is 5.92. The molecule has 0 bridgehead atoms. The molecule has 1 amide bonds. The molecule has 1 aromatic heterocycles. The number of hydrogen-bond acceptors (Lipinski definition) is 3. The van der Waals surface area contributed by atoms with E-state index in [0.29, 0.717) is 6.54 Å². The van der Waals surface area contributed by atoms with Crippen molar-refractivity contribution in [3.63, 3.8) is 0 Å². The van der Waals surface area contributed by atoms with Gasteiger partial charge in [0.05, 0.1) is 12.6 Å². The summed E-state index contributed by atoms with van der Waals surface area (Å²) in [6.07, 6.45) is 1.93. The number of amides is 1. The van der Waals surface area contributed by atoms with Gasteiger partial charge >= 0.3 is 0 Å². The van der Waals surface area contributed by atoms with Gasteiger partial charge in [-0.1, -0.05) is 13.8 Å². The van der Waals surface area contributed by atoms with E-state index in [1.165, 1.54) is 0 Å². The normalized spacial score (nSPS) is 12.7. The Morgan fingerprint density at radius 1 is 1.33 bits per heavy atom. The van der Waals surface area contributed by atoms with Crippen molar-refractivity contribution < 1.29 is 9.21 Å². The zero-order valence-electron chi connectivity index (χ0n) is 11.7. The van der Waals surface area contributed by atoms with Crippen LogP contribution >= 0.6 is 0 Å². The van der Waals surface area contributed by atoms with Gasteiger partial charge < -0.3 is 9.73 Å². The van der Waals surface area contributed by atoms with Crippen molar-refractivity contribution in [1.29, 1.82) is 0 Å². The average molecular weight is 252 g/mol. The predicted molar refractivity (Wildman–Crippen MR) is 72.4 cm³/mol. The SMILES string of the molecule is CCC(CC)NC(=O)CNC(C)c1ccc(C)o1. The number of aryl methyl sites for hydroxylation is 1. The van der Waals surface area contributed by atoms with E-state index in [4.69, 9.17) is 4.42 Å². The summed E-state index contributed by atoms with van der Waals surface area (Å²) in [6.45, 7) is 8.38. The molecule has 2 N–H and O–H groups in total. The van der Waals surface area contributed by atoms with Crippen molar-refractivity contribution in [1.82, 2.24) is 10.6 Å². The van der Waals surface area contributed by atoms with Crippen LogP contribution in [0.25, 0.3) is 0 Å². The molecule has 0 radical (unpaired) electrons. The minimum atomic E-state index is 0.0406. The van der Waals surface area contributed by atoms with E-state index >= 15 is 0 Å². The van der Waals surface area contributed by atoms with Crippen LogP contribution in [0, 0.1) is 6.92 Å². The molecular formula is C14H24N2O2. The lowest BCUT2D eigenvalue weighted by Gasteiger charge is -2.16. The second-order valence-electron chi connectivity index (χ2n) is 4.63. The molecule has 0 saturated heterocycles. The molecule has 1 heterocycles. The summed E-state index contributed by atoms with van der Waals surface area (Å²) in [4.78, 5) is 11.7. The lowest BCUT2D eigenvalue weighted by Crippen LogP contribution is -2.40. The summed E-state index contributed by atoms with van der Waals surface area (Å²) in [7, 11) is 0. The summed E-state index contributed by atoms with van der Waals surface area (Å²) in [6, 6.07) is 4.19. The fourth-order valence-corrected chi connectivity index (χ4v) is 1.80. The van der Waals surface area contributed by atoms with Crippen LogP contribution in [0.15, 0.2) is 16.5 Å². The fourth-order valence-electron chi connectivity index (χ4n) is 1.80. The van der Waals surface area contributed by atoms with Crippen molar-refractivity contribution in [2.75, 3.05) is 6.54 Å². The van der Waals surface area contributed by atoms with Gasteiger partial charge in [0.25, 0.3) is 0 Å². The van der Waals surface area contributed by atoms with Crippen LogP contribution in [0.3, 0.4) is 0 Å². The van der Waals surface area contributed by atoms with Crippen molar-refractivity contribution in [2.24, 2.45) is 0 Å². The molecule has 0 aliphatic rings. The molecule has 1 atom stereocenters. The number of rotatable bonds is 7. The molecule has 0 aromatic carbocycles. The van der Waals surface area contributed by atoms with Gasteiger partial charge in [-0.25, -0.2) is 0 Å². The first-order valence-corrected chi connectivity index (χ1v) is 6.65. The number of nitrogens with one attached hydrogen (secondary N) is 2. The van der Waals surface area contributed by atoms with Gasteiger partial charge in [0.15, 0.2) is 0 Å². The standard InChI is InChI=1S/C14H24N2O2/c1-5-12(6-2)16-14(17)9-15-11(4)13-8-7-10(3)18-13/h7-8,11-12,15H,5-6,9H2,1-4H3,(H,16,17). The Morgan fingerprint density at radius 2 is 2.00 bits per heavy atom. The van der Waals surface area contributed by atoms with E-state index in [9.17, 15) is 4.79 Å². The van der Waals surface area contributed by atoms with Crippen LogP contribution in [0.5, 0.6) is 0 Å². The fraction of sp³-hybridized carbons (Fsp3) is 0.643. The van der Waals surface area contributed by atoms with E-state index in [0.717, 1.165) is 24.4 Å². The maximum absolute atomic E-state index is 11.7. The first-order chi connectivity index (χ1) is 8.56. The molecule has 4 nitrogen and oxygen atoms in total. The predicted octanol–water partition coefficient (Wildman–Crippen LogP) is 2.54. The summed E-state index contributed by atoms with van der Waals surface area (Å²) in [5.41, 5.74) is 0. The minimum Gasteiger partial charge on any atom is -0.465 e. The Morgan fingerprint density at radius 3 is 2.50 bits per heavy atom. The highest BCUT2D eigenvalue weighted by Gasteiger charge is 2.12. The molecule has 0 fully saturated rings. The van der Waals surface area contributed by atoms with Crippen LogP contribution in [-0.4, -0.2) is 18.5 Å². The van der Waals surface area contributed by atoms with Crippen LogP contribution in [0.4, 0.5) is 0 Å². The van der Waals surface area contributed by atoms with Gasteiger partial charge in [0, 0.05) is 6.04 Å². The third kappa shape index (κ3) is 4.53. The number of hydrogen-bond donors (Lipinski definition) is 2.